The van der Waals surface area contributed by atoms with Crippen molar-refractivity contribution in [2.75, 3.05) is 102 Å². The number of nitrogens with zero attached hydrogens (tertiary/aromatic N) is 6. The molecule has 3 N–H and O–H groups in total. The van der Waals surface area contributed by atoms with Crippen LogP contribution >= 0.6 is 11.3 Å². The molecular weight excluding hydrogens is 1120 g/mol. The van der Waals surface area contributed by atoms with Crippen molar-refractivity contribution in [2.24, 2.45) is 10.9 Å². The summed E-state index contributed by atoms with van der Waals surface area (Å²) in [6.45, 7) is 20.1. The Kier molecular flexibility index (Phi) is 18.8. The van der Waals surface area contributed by atoms with Crippen molar-refractivity contribution >= 4 is 76.7 Å². The molecule has 18 nitrogen and oxygen atoms in total. The third-order valence-corrected chi connectivity index (χ3v) is 20.9. The van der Waals surface area contributed by atoms with E-state index in [4.69, 9.17) is 23.9 Å². The van der Waals surface area contributed by atoms with Crippen LogP contribution in [0.1, 0.15) is 84.4 Å². The first kappa shape index (κ1) is 60.5. The van der Waals surface area contributed by atoms with E-state index in [9.17, 15) is 33.1 Å². The smallest absolute Gasteiger partial charge is 0.251 e. The number of alkyl halides is 2. The zero-order valence-electron chi connectivity index (χ0n) is 48.7. The number of allylic oxidation sites excluding steroid dienone is 5. The summed E-state index contributed by atoms with van der Waals surface area (Å²) in [6, 6.07) is 17.3. The second-order valence-electron chi connectivity index (χ2n) is 22.1. The number of hydrogen-bond acceptors (Lipinski definition) is 14. The predicted octanol–water partition coefficient (Wildman–Crippen LogP) is 6.00. The van der Waals surface area contributed by atoms with Crippen molar-refractivity contribution in [2.45, 2.75) is 65.6 Å². The van der Waals surface area contributed by atoms with Crippen LogP contribution in [0.2, 0.25) is 13.1 Å². The molecule has 3 amide bonds. The molecule has 0 unspecified atom stereocenters. The molecule has 0 radical (unpaired) electrons. The molecule has 5 aliphatic rings. The fraction of sp³-hybridized carbons (Fsp3) is 0.397. The van der Waals surface area contributed by atoms with E-state index < -0.39 is 44.3 Å². The number of carbonyl (C=O) groups excluding carboxylic acids is 4. The first-order valence-electron chi connectivity index (χ1n) is 28.8. The molecule has 10 rings (SSSR count). The number of carbonyl (C=O) groups is 4. The minimum Gasteiger partial charge on any atom is -0.545 e. The van der Waals surface area contributed by atoms with E-state index in [0.717, 1.165) is 65.2 Å². The quantitative estimate of drug-likeness (QED) is 0.0266. The number of amides is 3. The van der Waals surface area contributed by atoms with Crippen LogP contribution in [0.3, 0.4) is 0 Å². The van der Waals surface area contributed by atoms with E-state index in [1.807, 2.05) is 76.4 Å². The summed E-state index contributed by atoms with van der Waals surface area (Å²) in [5, 5.41) is 33.6. The summed E-state index contributed by atoms with van der Waals surface area (Å²) in [5.74, 6) is -1.56. The molecule has 2 aromatic heterocycles. The molecule has 3 aromatic carbocycles. The van der Waals surface area contributed by atoms with Gasteiger partial charge in [-0.05, 0) is 114 Å². The Labute approximate surface area is 498 Å². The van der Waals surface area contributed by atoms with Gasteiger partial charge in [0.25, 0.3) is 5.91 Å². The average molecular weight is 1200 g/mol. The Morgan fingerprint density at radius 2 is 1.52 bits per heavy atom. The Hall–Kier alpha value is -7.60. The average Bonchev–Trinajstić information content (AvgIpc) is 2.65. The fourth-order valence-electron chi connectivity index (χ4n) is 11.4. The van der Waals surface area contributed by atoms with Gasteiger partial charge >= 0.3 is 0 Å². The lowest BCUT2D eigenvalue weighted by Crippen LogP contribution is -2.52. The lowest BCUT2D eigenvalue weighted by Gasteiger charge is -2.41. The molecule has 6 heterocycles. The number of aryl methyl sites for hydroxylation is 2. The molecular formula is C63H71F2N9O9SSi. The summed E-state index contributed by atoms with van der Waals surface area (Å²) < 4.78 is 54.9. The molecule has 0 saturated carbocycles. The Bertz CT molecular complexity index is 3580. The van der Waals surface area contributed by atoms with Crippen LogP contribution in [-0.4, -0.2) is 167 Å². The second kappa shape index (κ2) is 26.3. The van der Waals surface area contributed by atoms with E-state index in [-0.39, 0.29) is 55.9 Å². The molecule has 0 spiro atoms. The Balaban J connectivity index is 0.658. The lowest BCUT2D eigenvalue weighted by molar-refractivity contribution is -0.599. The van der Waals surface area contributed by atoms with Gasteiger partial charge in [-0.25, -0.2) is 13.4 Å². The Morgan fingerprint density at radius 1 is 0.847 bits per heavy atom. The first-order valence-corrected chi connectivity index (χ1v) is 32.6. The summed E-state index contributed by atoms with van der Waals surface area (Å²) in [7, 11) is -2.49. The van der Waals surface area contributed by atoms with E-state index >= 15 is 0 Å². The zero-order chi connectivity index (χ0) is 60.1. The number of anilines is 2. The number of fused-ring (bicyclic) bond motifs is 5. The molecule has 2 atom stereocenters. The number of rotatable bonds is 25. The van der Waals surface area contributed by atoms with Crippen LogP contribution in [0.5, 0.6) is 0 Å². The third kappa shape index (κ3) is 12.9. The van der Waals surface area contributed by atoms with Crippen LogP contribution in [-0.2, 0) is 28.5 Å². The van der Waals surface area contributed by atoms with Gasteiger partial charge in [0, 0.05) is 63.7 Å². The first-order chi connectivity index (χ1) is 41.0. The molecule has 2 saturated heterocycles. The number of thiophene rings is 1. The molecule has 0 bridgehead atoms. The van der Waals surface area contributed by atoms with E-state index in [2.05, 4.69) is 71.8 Å². The van der Waals surface area contributed by atoms with Gasteiger partial charge in [0.2, 0.25) is 18.0 Å². The van der Waals surface area contributed by atoms with Gasteiger partial charge < -0.3 is 49.7 Å². The van der Waals surface area contributed by atoms with Gasteiger partial charge in [-0.1, -0.05) is 50.9 Å². The van der Waals surface area contributed by atoms with Crippen LogP contribution in [0.4, 0.5) is 20.2 Å². The van der Waals surface area contributed by atoms with Gasteiger partial charge in [0.1, 0.15) is 31.1 Å². The van der Waals surface area contributed by atoms with Gasteiger partial charge in [0.05, 0.1) is 83.5 Å². The van der Waals surface area contributed by atoms with E-state index in [1.165, 1.54) is 18.2 Å². The SMILES string of the molecule is C=CC(=O)Nc1ccc(C2=N[C@@H]([C@@H](CC)C(=O)NCCOCCOCCOCCOCCNC(=O)c3ccc(C(=O)[O-])c(C4=C5C=CC(=[N+]6CC(F)C6)C=C5[Si](C)(C)c5cc(N6CC(F)C6)ccc54)c3)c3nnc(C)n3-c3sc(C)c(C)c32)cc1. The topological polar surface area (TPSA) is 214 Å². The van der Waals surface area contributed by atoms with Gasteiger partial charge in [-0.15, -0.1) is 21.5 Å². The monoisotopic (exact) mass is 1200 g/mol. The third-order valence-electron chi connectivity index (χ3n) is 16.2. The maximum Gasteiger partial charge on any atom is 0.251 e. The molecule has 446 valence electrons. The fourth-order valence-corrected chi connectivity index (χ4v) is 15.7. The number of halogens is 2. The number of carboxylic acid groups (broad SMARTS) is 1. The number of aliphatic imine (C=N–C) groups is 1. The summed E-state index contributed by atoms with van der Waals surface area (Å²) in [4.78, 5) is 60.8. The normalized spacial score (nSPS) is 18.0. The van der Waals surface area contributed by atoms with Crippen molar-refractivity contribution in [3.63, 3.8) is 0 Å². The van der Waals surface area contributed by atoms with Crippen molar-refractivity contribution in [3.8, 4) is 5.00 Å². The van der Waals surface area contributed by atoms with Crippen molar-refractivity contribution in [1.82, 2.24) is 25.4 Å². The van der Waals surface area contributed by atoms with Gasteiger partial charge in [0.15, 0.2) is 24.6 Å². The van der Waals surface area contributed by atoms with Crippen LogP contribution < -0.4 is 31.1 Å². The summed E-state index contributed by atoms with van der Waals surface area (Å²) >= 11 is 1.63. The molecule has 85 heavy (non-hydrogen) atoms. The molecule has 1 aliphatic carbocycles. The number of hydrogen-bond donors (Lipinski definition) is 3. The largest absolute Gasteiger partial charge is 0.545 e. The Morgan fingerprint density at radius 3 is 2.15 bits per heavy atom. The molecule has 5 aromatic rings. The molecule has 4 aliphatic heterocycles. The zero-order valence-corrected chi connectivity index (χ0v) is 50.5. The highest BCUT2D eigenvalue weighted by Crippen LogP contribution is 2.45. The number of nitrogens with one attached hydrogen (secondary N) is 3. The highest BCUT2D eigenvalue weighted by molar-refractivity contribution is 7.15. The number of carboxylic acids is 1. The maximum atomic E-state index is 14.0. The van der Waals surface area contributed by atoms with E-state index in [0.29, 0.717) is 94.1 Å². The van der Waals surface area contributed by atoms with E-state index in [1.54, 1.807) is 17.4 Å². The van der Waals surface area contributed by atoms with Crippen LogP contribution in [0.25, 0.3) is 10.6 Å². The standard InChI is InChI=1S/C63H71F2N9O9SSi/c1-8-47(58-59-71-70-39(5)74(59)62-55(37(3)38(4)84-62)57(69-58)40-10-13-44(14-11-40)68-54(75)9-2)61(77)67-21-23-81-25-27-83-29-28-82-26-24-80-22-20-66-60(76)41-12-17-48(63(78)79)51(30-41)56-49-18-15-45(72-33-42(64)34-72)31-52(49)85(6,7)53-32-46(16-19-50(53)56)73-35-43(65)36-73/h9-19,30-32,42-43,47,58H,2,8,20-29,33-36H2,1,3-7H3,(H3-,66,67,68,69,75,76,77,78,79)/t47-,58+/m1/s1. The van der Waals surface area contributed by atoms with Crippen LogP contribution in [0.15, 0.2) is 107 Å². The number of ether oxygens (including phenoxy) is 4. The minimum absolute atomic E-state index is 0.0616. The number of aromatic nitrogens is 3. The number of aromatic carboxylic acids is 1. The predicted molar refractivity (Wildman–Crippen MR) is 324 cm³/mol. The van der Waals surface area contributed by atoms with Crippen molar-refractivity contribution in [3.05, 3.63) is 158 Å². The maximum absolute atomic E-state index is 14.0. The summed E-state index contributed by atoms with van der Waals surface area (Å²) in [6.07, 6.45) is 5.95. The highest BCUT2D eigenvalue weighted by atomic mass is 32.1. The summed E-state index contributed by atoms with van der Waals surface area (Å²) in [5.41, 5.74) is 8.91. The van der Waals surface area contributed by atoms with Crippen molar-refractivity contribution in [1.29, 1.82) is 0 Å². The van der Waals surface area contributed by atoms with Gasteiger partial charge in [-0.2, -0.15) is 0 Å². The van der Waals surface area contributed by atoms with Crippen LogP contribution in [0, 0.1) is 26.7 Å². The second-order valence-corrected chi connectivity index (χ2v) is 27.7. The molecule has 2 fully saturated rings. The lowest BCUT2D eigenvalue weighted by atomic mass is 9.86. The minimum atomic E-state index is -2.49. The number of benzene rings is 3. The highest BCUT2D eigenvalue weighted by Gasteiger charge is 2.43. The molecule has 22 heteroatoms. The van der Waals surface area contributed by atoms with Gasteiger partial charge in [-0.3, -0.25) is 23.9 Å². The van der Waals surface area contributed by atoms with Crippen molar-refractivity contribution < 1.29 is 56.6 Å².